The Morgan fingerprint density at radius 2 is 1.77 bits per heavy atom. The van der Waals surface area contributed by atoms with Crippen molar-refractivity contribution in [1.29, 1.82) is 0 Å². The topological polar surface area (TPSA) is 78.5 Å². The number of hydrogen-bond donors (Lipinski definition) is 2. The molecule has 0 spiro atoms. The minimum Gasteiger partial charge on any atom is -0.343 e. The van der Waals surface area contributed by atoms with E-state index < -0.39 is 0 Å². The van der Waals surface area contributed by atoms with Crippen LogP contribution in [0.4, 0.5) is 5.69 Å². The summed E-state index contributed by atoms with van der Waals surface area (Å²) in [5, 5.41) is 7.66. The van der Waals surface area contributed by atoms with Crippen LogP contribution in [0.2, 0.25) is 0 Å². The molecule has 0 aliphatic carbocycles. The Labute approximate surface area is 179 Å². The first-order valence-electron chi connectivity index (χ1n) is 10.3. The molecule has 0 aromatic heterocycles. The van der Waals surface area contributed by atoms with E-state index in [1.165, 1.54) is 21.9 Å². The van der Waals surface area contributed by atoms with Crippen molar-refractivity contribution in [3.8, 4) is 0 Å². The number of anilines is 1. The summed E-state index contributed by atoms with van der Waals surface area (Å²) in [6.07, 6.45) is 2.88. The Morgan fingerprint density at radius 1 is 0.935 bits per heavy atom. The van der Waals surface area contributed by atoms with Gasteiger partial charge in [-0.3, -0.25) is 14.4 Å². The third kappa shape index (κ3) is 3.57. The average Bonchev–Trinajstić information content (AvgIpc) is 2.95. The summed E-state index contributed by atoms with van der Waals surface area (Å²) in [6.45, 7) is 1.05. The number of benzene rings is 3. The molecule has 3 aromatic rings. The average molecular weight is 411 g/mol. The zero-order valence-corrected chi connectivity index (χ0v) is 16.9. The summed E-state index contributed by atoms with van der Waals surface area (Å²) in [4.78, 5) is 38.8. The lowest BCUT2D eigenvalue weighted by Crippen LogP contribution is -2.34. The highest BCUT2D eigenvalue weighted by Crippen LogP contribution is 2.30. The molecule has 154 valence electrons. The largest absolute Gasteiger partial charge is 0.343 e. The molecule has 3 amide bonds. The van der Waals surface area contributed by atoms with E-state index in [2.05, 4.69) is 47.0 Å². The van der Waals surface area contributed by atoms with Gasteiger partial charge in [-0.15, -0.1) is 0 Å². The van der Waals surface area contributed by atoms with Crippen molar-refractivity contribution in [3.05, 3.63) is 83.4 Å². The monoisotopic (exact) mass is 411 g/mol. The van der Waals surface area contributed by atoms with Crippen LogP contribution in [0.5, 0.6) is 0 Å². The van der Waals surface area contributed by atoms with Crippen LogP contribution in [-0.2, 0) is 4.79 Å². The van der Waals surface area contributed by atoms with Gasteiger partial charge in [0, 0.05) is 18.7 Å². The van der Waals surface area contributed by atoms with Gasteiger partial charge >= 0.3 is 0 Å². The predicted molar refractivity (Wildman–Crippen MR) is 120 cm³/mol. The Kier molecular flexibility index (Phi) is 4.75. The van der Waals surface area contributed by atoms with Crippen molar-refractivity contribution in [3.63, 3.8) is 0 Å². The van der Waals surface area contributed by atoms with Crippen LogP contribution in [0.1, 0.15) is 32.7 Å². The highest BCUT2D eigenvalue weighted by molar-refractivity contribution is 6.10. The lowest BCUT2D eigenvalue weighted by atomic mass is 9.94. The van der Waals surface area contributed by atoms with Crippen LogP contribution in [0.15, 0.2) is 66.7 Å². The van der Waals surface area contributed by atoms with E-state index >= 15 is 0 Å². The maximum atomic E-state index is 13.1. The SMILES string of the molecule is O=C1CNC(=O)c2ccc(C(=O)N3CC=C(c4cccc5ccccc45)CC3)cc2N1. The first kappa shape index (κ1) is 19.1. The van der Waals surface area contributed by atoms with Gasteiger partial charge in [0.15, 0.2) is 0 Å². The van der Waals surface area contributed by atoms with Crippen LogP contribution in [0.25, 0.3) is 16.3 Å². The van der Waals surface area contributed by atoms with Crippen molar-refractivity contribution in [1.82, 2.24) is 10.2 Å². The summed E-state index contributed by atoms with van der Waals surface area (Å²) in [6, 6.07) is 19.4. The number of nitrogens with one attached hydrogen (secondary N) is 2. The molecule has 0 atom stereocenters. The number of hydrogen-bond acceptors (Lipinski definition) is 3. The molecular formula is C25H21N3O3. The molecule has 5 rings (SSSR count). The molecule has 0 bridgehead atoms. The molecule has 2 N–H and O–H groups in total. The van der Waals surface area contributed by atoms with Gasteiger partial charge in [0.1, 0.15) is 0 Å². The van der Waals surface area contributed by atoms with Gasteiger partial charge in [-0.05, 0) is 46.5 Å². The standard InChI is InChI=1S/C25H21N3O3/c29-23-15-26-24(30)21-9-8-18(14-22(21)27-23)25(31)28-12-10-17(11-13-28)20-7-3-5-16-4-1-2-6-19(16)20/h1-10,14H,11-13,15H2,(H,26,30)(H,27,29). The second kappa shape index (κ2) is 7.72. The van der Waals surface area contributed by atoms with Gasteiger partial charge in [-0.1, -0.05) is 48.5 Å². The zero-order valence-electron chi connectivity index (χ0n) is 16.9. The number of nitrogens with zero attached hydrogens (tertiary/aromatic N) is 1. The predicted octanol–water partition coefficient (Wildman–Crippen LogP) is 3.45. The molecule has 6 nitrogen and oxygen atoms in total. The minimum atomic E-state index is -0.326. The fourth-order valence-corrected chi connectivity index (χ4v) is 4.22. The normalized spacial score (nSPS) is 16.1. The fourth-order valence-electron chi connectivity index (χ4n) is 4.22. The van der Waals surface area contributed by atoms with Gasteiger partial charge < -0.3 is 15.5 Å². The fraction of sp³-hybridized carbons (Fsp3) is 0.160. The number of amides is 3. The van der Waals surface area contributed by atoms with E-state index in [1.807, 2.05) is 12.1 Å². The molecule has 0 fully saturated rings. The maximum Gasteiger partial charge on any atom is 0.254 e. The first-order chi connectivity index (χ1) is 15.1. The van der Waals surface area contributed by atoms with Crippen LogP contribution in [0.3, 0.4) is 0 Å². The lowest BCUT2D eigenvalue weighted by Gasteiger charge is -2.27. The lowest BCUT2D eigenvalue weighted by molar-refractivity contribution is -0.115. The smallest absolute Gasteiger partial charge is 0.254 e. The van der Waals surface area contributed by atoms with Gasteiger partial charge in [0.2, 0.25) is 5.91 Å². The molecule has 0 unspecified atom stereocenters. The first-order valence-corrected chi connectivity index (χ1v) is 10.3. The molecule has 0 saturated carbocycles. The second-order valence-corrected chi connectivity index (χ2v) is 7.75. The van der Waals surface area contributed by atoms with Crippen LogP contribution < -0.4 is 10.6 Å². The van der Waals surface area contributed by atoms with E-state index in [-0.39, 0.29) is 24.3 Å². The zero-order chi connectivity index (χ0) is 21.4. The van der Waals surface area contributed by atoms with Crippen molar-refractivity contribution in [2.24, 2.45) is 0 Å². The van der Waals surface area contributed by atoms with Crippen molar-refractivity contribution in [2.45, 2.75) is 6.42 Å². The van der Waals surface area contributed by atoms with Crippen molar-refractivity contribution < 1.29 is 14.4 Å². The van der Waals surface area contributed by atoms with Gasteiger partial charge in [-0.2, -0.15) is 0 Å². The number of fused-ring (bicyclic) bond motifs is 2. The molecule has 31 heavy (non-hydrogen) atoms. The van der Waals surface area contributed by atoms with E-state index in [4.69, 9.17) is 0 Å². The Bertz CT molecular complexity index is 1260. The quantitative estimate of drug-likeness (QED) is 0.678. The third-order valence-corrected chi connectivity index (χ3v) is 5.83. The number of rotatable bonds is 2. The Hall–Kier alpha value is -3.93. The van der Waals surface area contributed by atoms with Crippen LogP contribution in [0, 0.1) is 0 Å². The maximum absolute atomic E-state index is 13.1. The van der Waals surface area contributed by atoms with Crippen molar-refractivity contribution in [2.75, 3.05) is 25.0 Å². The van der Waals surface area contributed by atoms with Gasteiger partial charge in [0.25, 0.3) is 11.8 Å². The molecular weight excluding hydrogens is 390 g/mol. The van der Waals surface area contributed by atoms with E-state index in [1.54, 1.807) is 23.1 Å². The van der Waals surface area contributed by atoms with Crippen LogP contribution >= 0.6 is 0 Å². The number of carbonyl (C=O) groups is 3. The van der Waals surface area contributed by atoms with Crippen molar-refractivity contribution >= 4 is 39.8 Å². The molecule has 2 aliphatic rings. The Balaban J connectivity index is 1.38. The van der Waals surface area contributed by atoms with E-state index in [0.29, 0.717) is 29.9 Å². The highest BCUT2D eigenvalue weighted by atomic mass is 16.2. The van der Waals surface area contributed by atoms with Gasteiger partial charge in [0.05, 0.1) is 17.8 Å². The summed E-state index contributed by atoms with van der Waals surface area (Å²) >= 11 is 0. The summed E-state index contributed by atoms with van der Waals surface area (Å²) in [7, 11) is 0. The molecule has 6 heteroatoms. The molecule has 2 heterocycles. The van der Waals surface area contributed by atoms with E-state index in [9.17, 15) is 14.4 Å². The summed E-state index contributed by atoms with van der Waals surface area (Å²) in [5.41, 5.74) is 3.64. The van der Waals surface area contributed by atoms with Gasteiger partial charge in [-0.25, -0.2) is 0 Å². The Morgan fingerprint density at radius 3 is 2.61 bits per heavy atom. The molecule has 0 radical (unpaired) electrons. The molecule has 2 aliphatic heterocycles. The van der Waals surface area contributed by atoms with E-state index in [0.717, 1.165) is 6.42 Å². The highest BCUT2D eigenvalue weighted by Gasteiger charge is 2.24. The number of carbonyl (C=O) groups excluding carboxylic acids is 3. The molecule has 3 aromatic carbocycles. The second-order valence-electron chi connectivity index (χ2n) is 7.75. The summed E-state index contributed by atoms with van der Waals surface area (Å²) in [5.74, 6) is -0.750. The molecule has 0 saturated heterocycles. The van der Waals surface area contributed by atoms with Crippen LogP contribution in [-0.4, -0.2) is 42.3 Å². The minimum absolute atomic E-state index is 0.0787. The summed E-state index contributed by atoms with van der Waals surface area (Å²) < 4.78 is 0. The third-order valence-electron chi connectivity index (χ3n) is 5.83.